The Balaban J connectivity index is 1.86. The van der Waals surface area contributed by atoms with E-state index in [-0.39, 0.29) is 22.4 Å². The van der Waals surface area contributed by atoms with Crippen molar-refractivity contribution in [3.63, 3.8) is 0 Å². The van der Waals surface area contributed by atoms with Crippen LogP contribution in [0, 0.1) is 0 Å². The third-order valence-corrected chi connectivity index (χ3v) is 9.55. The third kappa shape index (κ3) is 10.1. The van der Waals surface area contributed by atoms with Gasteiger partial charge in [0.15, 0.2) is 18.3 Å². The number of esters is 3. The lowest BCUT2D eigenvalue weighted by Crippen LogP contribution is -2.66. The van der Waals surface area contributed by atoms with Gasteiger partial charge in [0.1, 0.15) is 23.3 Å². The fraction of sp³-hybridized carbons (Fsp3) is 0.343. The van der Waals surface area contributed by atoms with E-state index < -0.39 is 76.9 Å². The first-order chi connectivity index (χ1) is 23.4. The van der Waals surface area contributed by atoms with Crippen molar-refractivity contribution in [3.8, 4) is 0 Å². The van der Waals surface area contributed by atoms with E-state index in [1.165, 1.54) is 36.4 Å². The van der Waals surface area contributed by atoms with Crippen LogP contribution in [0.5, 0.6) is 0 Å². The second kappa shape index (κ2) is 17.7. The Hall–Kier alpha value is -3.82. The summed E-state index contributed by atoms with van der Waals surface area (Å²) in [6.45, 7) is 5.09. The van der Waals surface area contributed by atoms with Gasteiger partial charge in [0.2, 0.25) is 0 Å². The number of rotatable bonds is 14. The first kappa shape index (κ1) is 38.0. The monoisotopic (exact) mass is 719 g/mol. The summed E-state index contributed by atoms with van der Waals surface area (Å²) in [4.78, 5) is 40.5. The van der Waals surface area contributed by atoms with E-state index in [2.05, 4.69) is 11.3 Å². The van der Waals surface area contributed by atoms with Crippen molar-refractivity contribution in [2.24, 2.45) is 0 Å². The van der Waals surface area contributed by atoms with E-state index >= 15 is 0 Å². The van der Waals surface area contributed by atoms with Crippen molar-refractivity contribution in [3.05, 3.63) is 120 Å². The molecule has 0 spiro atoms. The molecule has 3 unspecified atom stereocenters. The van der Waals surface area contributed by atoms with Gasteiger partial charge >= 0.3 is 24.1 Å². The molecule has 0 bridgehead atoms. The van der Waals surface area contributed by atoms with Crippen molar-refractivity contribution in [2.45, 2.75) is 61.8 Å². The van der Waals surface area contributed by atoms with Gasteiger partial charge in [0, 0.05) is 11.4 Å². The van der Waals surface area contributed by atoms with E-state index in [1.54, 1.807) is 60.9 Å². The van der Waals surface area contributed by atoms with Crippen LogP contribution in [0.1, 0.15) is 50.8 Å². The Morgan fingerprint density at radius 2 is 1.27 bits per heavy atom. The Kier molecular flexibility index (Phi) is 13.7. The molecule has 0 amide bonds. The average molecular weight is 720 g/mol. The van der Waals surface area contributed by atoms with Crippen LogP contribution < -0.4 is 4.72 Å². The largest absolute Gasteiger partial charge is 0.598 e. The van der Waals surface area contributed by atoms with Gasteiger partial charge in [-0.15, -0.1) is 16.5 Å². The van der Waals surface area contributed by atoms with Gasteiger partial charge < -0.3 is 23.5 Å². The van der Waals surface area contributed by atoms with E-state index in [1.807, 2.05) is 6.92 Å². The molecule has 0 radical (unpaired) electrons. The summed E-state index contributed by atoms with van der Waals surface area (Å²) in [5.74, 6) is -2.76. The SMILES string of the molecule is C=C([C@@H](N[S@@+]([O-])CCCC)[C@H]1OC(SC)[C@H](OC(=O)c2ccccc2)C(OC(=O)c2ccccc2)C1OC(=O)c1ccccc1)C(F)(F)F. The highest BCUT2D eigenvalue weighted by Gasteiger charge is 2.57. The highest BCUT2D eigenvalue weighted by molar-refractivity contribution is 7.99. The first-order valence-electron chi connectivity index (χ1n) is 15.3. The third-order valence-electron chi connectivity index (χ3n) is 7.53. The van der Waals surface area contributed by atoms with E-state index in [0.717, 1.165) is 11.8 Å². The zero-order valence-electron chi connectivity index (χ0n) is 26.7. The van der Waals surface area contributed by atoms with Crippen molar-refractivity contribution in [1.82, 2.24) is 4.72 Å². The molecule has 9 nitrogen and oxygen atoms in total. The molecule has 1 aliphatic heterocycles. The van der Waals surface area contributed by atoms with Crippen LogP contribution in [0.15, 0.2) is 103 Å². The number of hydrogen-bond acceptors (Lipinski definition) is 10. The van der Waals surface area contributed by atoms with Crippen LogP contribution in [-0.4, -0.2) is 76.5 Å². The fourth-order valence-electron chi connectivity index (χ4n) is 4.97. The normalized spacial score (nSPS) is 22.0. The molecular weight excluding hydrogens is 684 g/mol. The van der Waals surface area contributed by atoms with Gasteiger partial charge in [0.25, 0.3) is 0 Å². The summed E-state index contributed by atoms with van der Waals surface area (Å²) in [6, 6.07) is 21.2. The molecule has 49 heavy (non-hydrogen) atoms. The Morgan fingerprint density at radius 3 is 1.67 bits per heavy atom. The molecule has 262 valence electrons. The first-order valence-corrected chi connectivity index (χ1v) is 17.9. The van der Waals surface area contributed by atoms with Crippen LogP contribution in [0.4, 0.5) is 13.2 Å². The second-order valence-electron chi connectivity index (χ2n) is 10.9. The molecule has 4 rings (SSSR count). The number of alkyl halides is 3. The highest BCUT2D eigenvalue weighted by atomic mass is 32.2. The minimum atomic E-state index is -5.01. The number of benzene rings is 3. The number of thioether (sulfide) groups is 1. The standard InChI is InChI=1S/C35H36F3NO8S2/c1-4-5-21-49(43)39-26(22(2)35(36,37)38)27-28(44-31(40)23-15-9-6-10-16-23)29(45-32(41)24-17-11-7-12-18-24)30(34(47-27)48-3)46-33(42)25-19-13-8-14-20-25/h6-20,26-30,34,39H,2,4-5,21H2,1,3H3/t26-,27-,28?,29?,30-,34?,49+/m1/s1. The zero-order valence-corrected chi connectivity index (χ0v) is 28.3. The topological polar surface area (TPSA) is 123 Å². The Morgan fingerprint density at radius 1 is 0.837 bits per heavy atom. The summed E-state index contributed by atoms with van der Waals surface area (Å²) in [5, 5.41) is 0. The lowest BCUT2D eigenvalue weighted by molar-refractivity contribution is -0.206. The Bertz CT molecular complexity index is 1550. The molecule has 1 heterocycles. The summed E-state index contributed by atoms with van der Waals surface area (Å²) in [6.07, 6.45) is -9.23. The van der Waals surface area contributed by atoms with Crippen LogP contribution in [0.3, 0.4) is 0 Å². The van der Waals surface area contributed by atoms with E-state index in [4.69, 9.17) is 18.9 Å². The maximum atomic E-state index is 14.4. The molecule has 3 aromatic rings. The fourth-order valence-corrected chi connectivity index (χ4v) is 6.92. The summed E-state index contributed by atoms with van der Waals surface area (Å²) in [5.41, 5.74) is -2.39. The van der Waals surface area contributed by atoms with Gasteiger partial charge in [0.05, 0.1) is 22.3 Å². The molecule has 7 atom stereocenters. The molecule has 3 aromatic carbocycles. The second-order valence-corrected chi connectivity index (χ2v) is 13.2. The van der Waals surface area contributed by atoms with Gasteiger partial charge in [-0.05, 0) is 49.1 Å². The quantitative estimate of drug-likeness (QED) is 0.0880. The lowest BCUT2D eigenvalue weighted by atomic mass is 9.90. The zero-order chi connectivity index (χ0) is 35.6. The van der Waals surface area contributed by atoms with Crippen LogP contribution in [0.25, 0.3) is 0 Å². The number of carbonyl (C=O) groups excluding carboxylic acids is 3. The summed E-state index contributed by atoms with van der Waals surface area (Å²) < 4.78 is 82.6. The van der Waals surface area contributed by atoms with Gasteiger partial charge in [-0.1, -0.05) is 74.5 Å². The molecular formula is C35H36F3NO8S2. The minimum absolute atomic E-state index is 0.00895. The highest BCUT2D eigenvalue weighted by Crippen LogP contribution is 2.39. The van der Waals surface area contributed by atoms with E-state index in [0.29, 0.717) is 12.8 Å². The molecule has 1 N–H and O–H groups in total. The summed E-state index contributed by atoms with van der Waals surface area (Å²) >= 11 is -1.05. The maximum Gasteiger partial charge on any atom is 0.413 e. The number of ether oxygens (including phenoxy) is 4. The predicted octanol–water partition coefficient (Wildman–Crippen LogP) is 6.29. The molecule has 1 fully saturated rings. The molecule has 0 aromatic heterocycles. The van der Waals surface area contributed by atoms with E-state index in [9.17, 15) is 32.1 Å². The average Bonchev–Trinajstić information content (AvgIpc) is 3.11. The predicted molar refractivity (Wildman–Crippen MR) is 179 cm³/mol. The van der Waals surface area contributed by atoms with Crippen LogP contribution in [-0.2, 0) is 30.3 Å². The van der Waals surface area contributed by atoms with Gasteiger partial charge in [-0.2, -0.15) is 13.2 Å². The molecule has 14 heteroatoms. The van der Waals surface area contributed by atoms with Crippen molar-refractivity contribution in [2.75, 3.05) is 12.0 Å². The summed E-state index contributed by atoms with van der Waals surface area (Å²) in [7, 11) is 0. The van der Waals surface area contributed by atoms with Gasteiger partial charge in [-0.25, -0.2) is 14.4 Å². The number of nitrogens with one attached hydrogen (secondary N) is 1. The molecule has 1 aliphatic rings. The van der Waals surface area contributed by atoms with Crippen molar-refractivity contribution >= 4 is 41.0 Å². The maximum absolute atomic E-state index is 14.4. The van der Waals surface area contributed by atoms with Gasteiger partial charge in [-0.3, -0.25) is 0 Å². The van der Waals surface area contributed by atoms with Crippen LogP contribution in [0.2, 0.25) is 0 Å². The number of halogens is 3. The number of unbranched alkanes of at least 4 members (excludes halogenated alkanes) is 1. The minimum Gasteiger partial charge on any atom is -0.598 e. The molecule has 0 saturated carbocycles. The Labute approximate surface area is 289 Å². The number of hydrogen-bond donors (Lipinski definition) is 1. The molecule has 0 aliphatic carbocycles. The number of carbonyl (C=O) groups is 3. The van der Waals surface area contributed by atoms with Crippen molar-refractivity contribution in [1.29, 1.82) is 0 Å². The lowest BCUT2D eigenvalue weighted by Gasteiger charge is -2.46. The van der Waals surface area contributed by atoms with Crippen molar-refractivity contribution < 1.29 is 51.1 Å². The molecule has 1 saturated heterocycles. The smallest absolute Gasteiger partial charge is 0.413 e. The van der Waals surface area contributed by atoms with Crippen LogP contribution >= 0.6 is 11.8 Å².